The molecule has 1 aliphatic rings. The van der Waals surface area contributed by atoms with Crippen molar-refractivity contribution in [3.05, 3.63) is 45.4 Å². The average Bonchev–Trinajstić information content (AvgIpc) is 3.11. The summed E-state index contributed by atoms with van der Waals surface area (Å²) >= 11 is 3.13. The number of carbonyl (C=O) groups is 1. The minimum Gasteiger partial charge on any atom is -0.411 e. The van der Waals surface area contributed by atoms with Crippen LogP contribution in [0.25, 0.3) is 0 Å². The average molecular weight is 439 g/mol. The van der Waals surface area contributed by atoms with Crippen LogP contribution in [0.15, 0.2) is 32.5 Å². The summed E-state index contributed by atoms with van der Waals surface area (Å²) in [5, 5.41) is 20.4. The summed E-state index contributed by atoms with van der Waals surface area (Å²) in [6, 6.07) is 4.50. The number of hydrogen-bond donors (Lipinski definition) is 1. The number of oxime groups is 1. The van der Waals surface area contributed by atoms with Crippen LogP contribution in [0, 0.1) is 11.7 Å². The van der Waals surface area contributed by atoms with Gasteiger partial charge in [0.05, 0.1) is 10.9 Å². The van der Waals surface area contributed by atoms with Gasteiger partial charge in [-0.05, 0) is 71.8 Å². The highest BCUT2D eigenvalue weighted by molar-refractivity contribution is 9.10. The number of aromatic nitrogens is 2. The monoisotopic (exact) mass is 438 g/mol. The fraction of sp³-hybridized carbons (Fsp3) is 0.444. The molecule has 0 radical (unpaired) electrons. The lowest BCUT2D eigenvalue weighted by Crippen LogP contribution is -2.34. The number of piperidine rings is 1. The van der Waals surface area contributed by atoms with Gasteiger partial charge in [-0.3, -0.25) is 4.79 Å². The molecule has 1 aromatic carbocycles. The summed E-state index contributed by atoms with van der Waals surface area (Å²) in [6.07, 6.45) is 1.92. The van der Waals surface area contributed by atoms with E-state index in [-0.39, 0.29) is 41.8 Å². The van der Waals surface area contributed by atoms with Crippen LogP contribution in [-0.2, 0) is 17.6 Å². The van der Waals surface area contributed by atoms with Crippen molar-refractivity contribution in [2.24, 2.45) is 11.1 Å². The lowest BCUT2D eigenvalue weighted by molar-refractivity contribution is -0.123. The Hall–Kier alpha value is -2.13. The zero-order chi connectivity index (χ0) is 19.4. The molecule has 3 rings (SSSR count). The fourth-order valence-electron chi connectivity index (χ4n) is 3.19. The van der Waals surface area contributed by atoms with Gasteiger partial charge >= 0.3 is 0 Å². The zero-order valence-corrected chi connectivity index (χ0v) is 16.4. The normalized spacial score (nSPS) is 16.6. The minimum absolute atomic E-state index is 0.00619. The number of carbonyl (C=O) groups excluding carboxylic acids is 1. The summed E-state index contributed by atoms with van der Waals surface area (Å²) in [4.78, 5) is 14.8. The molecule has 27 heavy (non-hydrogen) atoms. The summed E-state index contributed by atoms with van der Waals surface area (Å²) < 4.78 is 18.5. The molecule has 9 heteroatoms. The highest BCUT2D eigenvalue weighted by atomic mass is 79.9. The van der Waals surface area contributed by atoms with Gasteiger partial charge in [-0.15, -0.1) is 0 Å². The van der Waals surface area contributed by atoms with E-state index in [4.69, 9.17) is 4.63 Å². The second-order valence-corrected chi connectivity index (χ2v) is 7.61. The van der Waals surface area contributed by atoms with Crippen molar-refractivity contribution in [3.63, 3.8) is 0 Å². The smallest absolute Gasteiger partial charge is 0.156 e. The first-order chi connectivity index (χ1) is 13.0. The largest absolute Gasteiger partial charge is 0.411 e. The number of hydrogen-bond acceptors (Lipinski definition) is 7. The quantitative estimate of drug-likeness (QED) is 0.423. The van der Waals surface area contributed by atoms with E-state index in [1.165, 1.54) is 6.07 Å². The summed E-state index contributed by atoms with van der Waals surface area (Å²) in [7, 11) is 2.04. The zero-order valence-electron chi connectivity index (χ0n) is 14.9. The van der Waals surface area contributed by atoms with Gasteiger partial charge in [0.25, 0.3) is 0 Å². The predicted molar refractivity (Wildman–Crippen MR) is 99.4 cm³/mol. The van der Waals surface area contributed by atoms with Crippen LogP contribution in [-0.4, -0.2) is 52.1 Å². The maximum atomic E-state index is 13.4. The van der Waals surface area contributed by atoms with Crippen LogP contribution < -0.4 is 0 Å². The fourth-order valence-corrected chi connectivity index (χ4v) is 3.62. The van der Waals surface area contributed by atoms with E-state index in [1.807, 2.05) is 7.05 Å². The maximum absolute atomic E-state index is 13.4. The summed E-state index contributed by atoms with van der Waals surface area (Å²) in [6.45, 7) is 1.78. The van der Waals surface area contributed by atoms with Gasteiger partial charge in [-0.25, -0.2) is 9.02 Å². The number of Topliss-reactive ketones (excluding diaryl/α,β-unsaturated/α-hetero) is 1. The Bertz CT molecular complexity index is 847. The van der Waals surface area contributed by atoms with Crippen molar-refractivity contribution < 1.29 is 19.0 Å². The highest BCUT2D eigenvalue weighted by Gasteiger charge is 2.27. The Kier molecular flexibility index (Phi) is 6.33. The van der Waals surface area contributed by atoms with E-state index in [1.54, 1.807) is 12.1 Å². The molecule has 1 aromatic heterocycles. The number of rotatable bonds is 6. The number of halogens is 2. The predicted octanol–water partition coefficient (Wildman–Crippen LogP) is 2.85. The Balaban J connectivity index is 1.72. The molecule has 0 unspecified atom stereocenters. The topological polar surface area (TPSA) is 91.8 Å². The van der Waals surface area contributed by atoms with Gasteiger partial charge in [-0.2, -0.15) is 0 Å². The number of likely N-dealkylation sites (tertiary alicyclic amines) is 1. The van der Waals surface area contributed by atoms with Crippen molar-refractivity contribution in [2.45, 2.75) is 25.7 Å². The first kappa shape index (κ1) is 19.6. The third kappa shape index (κ3) is 4.78. The third-order valence-electron chi connectivity index (χ3n) is 4.82. The molecule has 0 aliphatic carbocycles. The lowest BCUT2D eigenvalue weighted by atomic mass is 9.90. The van der Waals surface area contributed by atoms with Crippen molar-refractivity contribution >= 4 is 27.4 Å². The first-order valence-corrected chi connectivity index (χ1v) is 9.45. The molecule has 1 N–H and O–H groups in total. The van der Waals surface area contributed by atoms with Crippen LogP contribution in [0.2, 0.25) is 0 Å². The van der Waals surface area contributed by atoms with Gasteiger partial charge in [0.2, 0.25) is 0 Å². The molecule has 0 saturated carbocycles. The molecule has 0 atom stereocenters. The third-order valence-corrected chi connectivity index (χ3v) is 5.43. The maximum Gasteiger partial charge on any atom is 0.156 e. The van der Waals surface area contributed by atoms with Crippen LogP contribution in [0.3, 0.4) is 0 Å². The Morgan fingerprint density at radius 2 is 2.11 bits per heavy atom. The molecule has 0 amide bonds. The SMILES string of the molecule is CN1CCC(C(=O)Cc2nonc2C(Cc2ccc(F)c(Br)c2)=NO)CC1. The van der Waals surface area contributed by atoms with Crippen LogP contribution >= 0.6 is 15.9 Å². The Morgan fingerprint density at radius 1 is 1.37 bits per heavy atom. The van der Waals surface area contributed by atoms with Crippen LogP contribution in [0.1, 0.15) is 29.8 Å². The van der Waals surface area contributed by atoms with Gasteiger partial charge < -0.3 is 10.1 Å². The number of nitrogens with zero attached hydrogens (tertiary/aromatic N) is 4. The van der Waals surface area contributed by atoms with Crippen molar-refractivity contribution in [3.8, 4) is 0 Å². The van der Waals surface area contributed by atoms with Gasteiger partial charge in [0, 0.05) is 12.3 Å². The Morgan fingerprint density at radius 3 is 2.78 bits per heavy atom. The van der Waals surface area contributed by atoms with E-state index >= 15 is 0 Å². The summed E-state index contributed by atoms with van der Waals surface area (Å²) in [5.74, 6) is -0.302. The van der Waals surface area contributed by atoms with Gasteiger partial charge in [0.15, 0.2) is 5.69 Å². The molecule has 0 spiro atoms. The molecular formula is C18H20BrFN4O3. The lowest BCUT2D eigenvalue weighted by Gasteiger charge is -2.27. The molecule has 2 aromatic rings. The van der Waals surface area contributed by atoms with E-state index < -0.39 is 0 Å². The second kappa shape index (κ2) is 8.71. The molecule has 1 aliphatic heterocycles. The molecule has 7 nitrogen and oxygen atoms in total. The molecule has 1 fully saturated rings. The van der Waals surface area contributed by atoms with Gasteiger partial charge in [0.1, 0.15) is 23.0 Å². The standard InChI is InChI=1S/C18H20BrFN4O3/c1-24-6-4-12(5-7-24)17(25)10-16-18(23-27-22-16)15(21-26)9-11-2-3-14(20)13(19)8-11/h2-3,8,12,26H,4-7,9-10H2,1H3. The second-order valence-electron chi connectivity index (χ2n) is 6.75. The molecule has 144 valence electrons. The molecular weight excluding hydrogens is 419 g/mol. The van der Waals surface area contributed by atoms with E-state index in [2.05, 4.69) is 36.3 Å². The number of benzene rings is 1. The van der Waals surface area contributed by atoms with Crippen LogP contribution in [0.4, 0.5) is 4.39 Å². The minimum atomic E-state index is -0.381. The van der Waals surface area contributed by atoms with Crippen molar-refractivity contribution in [1.29, 1.82) is 0 Å². The molecule has 0 bridgehead atoms. The Labute approximate surface area is 164 Å². The van der Waals surface area contributed by atoms with Crippen molar-refractivity contribution in [1.82, 2.24) is 15.2 Å². The van der Waals surface area contributed by atoms with E-state index in [0.717, 1.165) is 25.9 Å². The molecule has 1 saturated heterocycles. The van der Waals surface area contributed by atoms with E-state index in [0.29, 0.717) is 15.7 Å². The first-order valence-electron chi connectivity index (χ1n) is 8.66. The van der Waals surface area contributed by atoms with E-state index in [9.17, 15) is 14.4 Å². The highest BCUT2D eigenvalue weighted by Crippen LogP contribution is 2.21. The summed E-state index contributed by atoms with van der Waals surface area (Å²) in [5.41, 5.74) is 1.53. The van der Waals surface area contributed by atoms with Crippen molar-refractivity contribution in [2.75, 3.05) is 20.1 Å². The molecule has 2 heterocycles. The van der Waals surface area contributed by atoms with Crippen LogP contribution in [0.5, 0.6) is 0 Å². The van der Waals surface area contributed by atoms with Gasteiger partial charge in [-0.1, -0.05) is 16.4 Å². The number of ketones is 1.